The largest absolute Gasteiger partial charge is 0.497 e. The number of anilines is 1. The number of nitrogens with zero attached hydrogens (tertiary/aromatic N) is 1. The van der Waals surface area contributed by atoms with Gasteiger partial charge in [-0.2, -0.15) is 0 Å². The average molecular weight is 412 g/mol. The van der Waals surface area contributed by atoms with Crippen molar-refractivity contribution in [3.63, 3.8) is 0 Å². The molecule has 0 amide bonds. The van der Waals surface area contributed by atoms with Gasteiger partial charge in [0.25, 0.3) is 10.0 Å². The summed E-state index contributed by atoms with van der Waals surface area (Å²) in [5.41, 5.74) is 2.45. The molecule has 29 heavy (non-hydrogen) atoms. The third-order valence-electron chi connectivity index (χ3n) is 7.60. The van der Waals surface area contributed by atoms with Gasteiger partial charge in [0.1, 0.15) is 5.75 Å². The van der Waals surface area contributed by atoms with Crippen LogP contribution in [-0.4, -0.2) is 22.6 Å². The van der Waals surface area contributed by atoms with Crippen LogP contribution in [0.4, 0.5) is 5.69 Å². The predicted molar refractivity (Wildman–Crippen MR) is 115 cm³/mol. The first-order valence-electron chi connectivity index (χ1n) is 10.6. The Labute approximate surface area is 173 Å². The zero-order chi connectivity index (χ0) is 20.2. The van der Waals surface area contributed by atoms with E-state index in [4.69, 9.17) is 4.74 Å². The molecule has 6 rings (SSSR count). The maximum absolute atomic E-state index is 13.0. The number of hydrogen-bond donors (Lipinski definition) is 0. The molecule has 2 aromatic rings. The summed E-state index contributed by atoms with van der Waals surface area (Å²) >= 11 is 0. The fraction of sp³-hybridized carbons (Fsp3) is 0.500. The number of methoxy groups -OCH3 is 1. The molecule has 2 aromatic carbocycles. The maximum Gasteiger partial charge on any atom is 0.264 e. The minimum atomic E-state index is -3.60. The Bertz CT molecular complexity index is 960. The van der Waals surface area contributed by atoms with Gasteiger partial charge in [-0.15, -0.1) is 0 Å². The van der Waals surface area contributed by atoms with Crippen molar-refractivity contribution in [1.82, 2.24) is 0 Å². The zero-order valence-corrected chi connectivity index (χ0v) is 18.0. The Kier molecular flexibility index (Phi) is 4.43. The van der Waals surface area contributed by atoms with Crippen molar-refractivity contribution in [2.45, 2.75) is 48.8 Å². The van der Waals surface area contributed by atoms with Crippen LogP contribution in [0.2, 0.25) is 0 Å². The van der Waals surface area contributed by atoms with E-state index in [1.54, 1.807) is 38.4 Å². The molecule has 4 saturated carbocycles. The standard InChI is InChI=1S/C24H29NO3S/c1-25(29(26,27)23-9-7-22(28-2)8-10-23)21-5-3-20(4-6-21)24-14-17-11-18(15-24)13-19(12-17)16-24/h3-10,17-19H,11-16H2,1-2H3. The first kappa shape index (κ1) is 19.0. The number of benzene rings is 2. The fourth-order valence-electron chi connectivity index (χ4n) is 6.53. The minimum absolute atomic E-state index is 0.269. The van der Waals surface area contributed by atoms with E-state index in [1.807, 2.05) is 12.1 Å². The van der Waals surface area contributed by atoms with Gasteiger partial charge in [-0.25, -0.2) is 8.42 Å². The first-order valence-corrected chi connectivity index (χ1v) is 12.1. The monoisotopic (exact) mass is 411 g/mol. The molecule has 154 valence electrons. The van der Waals surface area contributed by atoms with Gasteiger partial charge < -0.3 is 4.74 Å². The van der Waals surface area contributed by atoms with Gasteiger partial charge in [0.05, 0.1) is 17.7 Å². The van der Waals surface area contributed by atoms with E-state index in [1.165, 1.54) is 48.4 Å². The van der Waals surface area contributed by atoms with Crippen molar-refractivity contribution in [1.29, 1.82) is 0 Å². The molecule has 0 heterocycles. The second kappa shape index (κ2) is 6.76. The van der Waals surface area contributed by atoms with Crippen LogP contribution in [0.3, 0.4) is 0 Å². The van der Waals surface area contributed by atoms with Crippen LogP contribution in [0.1, 0.15) is 44.1 Å². The Balaban J connectivity index is 1.40. The van der Waals surface area contributed by atoms with Crippen molar-refractivity contribution in [3.8, 4) is 5.75 Å². The Morgan fingerprint density at radius 2 is 1.38 bits per heavy atom. The lowest BCUT2D eigenvalue weighted by Crippen LogP contribution is -2.48. The molecule has 4 fully saturated rings. The van der Waals surface area contributed by atoms with E-state index in [-0.39, 0.29) is 4.90 Å². The Morgan fingerprint density at radius 1 is 0.862 bits per heavy atom. The normalized spacial score (nSPS) is 30.3. The SMILES string of the molecule is COc1ccc(S(=O)(=O)N(C)c2ccc(C34CC5CC(CC(C5)C3)C4)cc2)cc1. The summed E-state index contributed by atoms with van der Waals surface area (Å²) < 4.78 is 32.6. The third kappa shape index (κ3) is 3.14. The average Bonchev–Trinajstić information content (AvgIpc) is 2.72. The van der Waals surface area contributed by atoms with Gasteiger partial charge >= 0.3 is 0 Å². The van der Waals surface area contributed by atoms with E-state index < -0.39 is 10.0 Å². The van der Waals surface area contributed by atoms with Crippen LogP contribution in [0.5, 0.6) is 5.75 Å². The summed E-state index contributed by atoms with van der Waals surface area (Å²) in [4.78, 5) is 0.269. The van der Waals surface area contributed by atoms with Crippen molar-refractivity contribution < 1.29 is 13.2 Å². The lowest BCUT2D eigenvalue weighted by atomic mass is 9.48. The molecule has 0 aliphatic heterocycles. The van der Waals surface area contributed by atoms with Gasteiger partial charge in [0.15, 0.2) is 0 Å². The fourth-order valence-corrected chi connectivity index (χ4v) is 7.73. The van der Waals surface area contributed by atoms with Crippen molar-refractivity contribution >= 4 is 15.7 Å². The minimum Gasteiger partial charge on any atom is -0.497 e. The van der Waals surface area contributed by atoms with E-state index in [0.717, 1.165) is 17.8 Å². The van der Waals surface area contributed by atoms with Crippen LogP contribution in [0.25, 0.3) is 0 Å². The second-order valence-electron chi connectivity index (χ2n) is 9.39. The second-order valence-corrected chi connectivity index (χ2v) is 11.4. The van der Waals surface area contributed by atoms with Gasteiger partial charge in [-0.1, -0.05) is 12.1 Å². The summed E-state index contributed by atoms with van der Waals surface area (Å²) in [6.45, 7) is 0. The molecule has 0 saturated heterocycles. The molecular weight excluding hydrogens is 382 g/mol. The van der Waals surface area contributed by atoms with Gasteiger partial charge in [-0.05, 0) is 104 Å². The van der Waals surface area contributed by atoms with Crippen molar-refractivity contribution in [2.24, 2.45) is 17.8 Å². The van der Waals surface area contributed by atoms with E-state index in [0.29, 0.717) is 16.9 Å². The highest BCUT2D eigenvalue weighted by molar-refractivity contribution is 7.92. The van der Waals surface area contributed by atoms with Gasteiger partial charge in [-0.3, -0.25) is 4.31 Å². The van der Waals surface area contributed by atoms with Crippen LogP contribution in [0.15, 0.2) is 53.4 Å². The molecule has 0 N–H and O–H groups in total. The van der Waals surface area contributed by atoms with E-state index >= 15 is 0 Å². The van der Waals surface area contributed by atoms with Gasteiger partial charge in [0.2, 0.25) is 0 Å². The highest BCUT2D eigenvalue weighted by atomic mass is 32.2. The molecule has 0 unspecified atom stereocenters. The maximum atomic E-state index is 13.0. The summed E-state index contributed by atoms with van der Waals surface area (Å²) in [7, 11) is -0.402. The molecule has 4 bridgehead atoms. The summed E-state index contributed by atoms with van der Waals surface area (Å²) in [5.74, 6) is 3.35. The lowest BCUT2D eigenvalue weighted by molar-refractivity contribution is -0.00518. The van der Waals surface area contributed by atoms with Crippen LogP contribution < -0.4 is 9.04 Å². The number of ether oxygens (including phenoxy) is 1. The van der Waals surface area contributed by atoms with Gasteiger partial charge in [0, 0.05) is 7.05 Å². The van der Waals surface area contributed by atoms with Crippen LogP contribution in [-0.2, 0) is 15.4 Å². The highest BCUT2D eigenvalue weighted by Gasteiger charge is 2.51. The molecular formula is C24H29NO3S. The molecule has 0 atom stereocenters. The Hall–Kier alpha value is -2.01. The highest BCUT2D eigenvalue weighted by Crippen LogP contribution is 2.60. The van der Waals surface area contributed by atoms with E-state index in [9.17, 15) is 8.42 Å². The summed E-state index contributed by atoms with van der Waals surface area (Å²) in [5, 5.41) is 0. The number of hydrogen-bond acceptors (Lipinski definition) is 3. The topological polar surface area (TPSA) is 46.6 Å². The van der Waals surface area contributed by atoms with Crippen molar-refractivity contribution in [3.05, 3.63) is 54.1 Å². The zero-order valence-electron chi connectivity index (χ0n) is 17.2. The lowest BCUT2D eigenvalue weighted by Gasteiger charge is -2.57. The Morgan fingerprint density at radius 3 is 1.86 bits per heavy atom. The molecule has 4 aliphatic carbocycles. The number of sulfonamides is 1. The molecule has 0 radical (unpaired) electrons. The first-order chi connectivity index (χ1) is 13.9. The van der Waals surface area contributed by atoms with Crippen LogP contribution >= 0.6 is 0 Å². The molecule has 0 spiro atoms. The van der Waals surface area contributed by atoms with Crippen molar-refractivity contribution in [2.75, 3.05) is 18.5 Å². The molecule has 4 aliphatic rings. The third-order valence-corrected chi connectivity index (χ3v) is 9.40. The van der Waals surface area contributed by atoms with Crippen LogP contribution in [0, 0.1) is 17.8 Å². The smallest absolute Gasteiger partial charge is 0.264 e. The molecule has 0 aromatic heterocycles. The molecule has 4 nitrogen and oxygen atoms in total. The predicted octanol–water partition coefficient (Wildman–Crippen LogP) is 4.99. The number of rotatable bonds is 5. The summed E-state index contributed by atoms with van der Waals surface area (Å²) in [6, 6.07) is 14.9. The summed E-state index contributed by atoms with van der Waals surface area (Å²) in [6.07, 6.45) is 8.25. The molecule has 5 heteroatoms. The van der Waals surface area contributed by atoms with E-state index in [2.05, 4.69) is 12.1 Å². The quantitative estimate of drug-likeness (QED) is 0.696.